The summed E-state index contributed by atoms with van der Waals surface area (Å²) in [6.45, 7) is 2.07. The van der Waals surface area contributed by atoms with E-state index in [-0.39, 0.29) is 17.5 Å². The van der Waals surface area contributed by atoms with Crippen molar-refractivity contribution in [2.45, 2.75) is 56.6 Å². The number of rotatable bonds is 5. The van der Waals surface area contributed by atoms with Gasteiger partial charge in [-0.25, -0.2) is 8.42 Å². The smallest absolute Gasteiger partial charge is 0.243 e. The van der Waals surface area contributed by atoms with Crippen LogP contribution in [0.1, 0.15) is 44.6 Å². The summed E-state index contributed by atoms with van der Waals surface area (Å²) >= 11 is 5.94. The van der Waals surface area contributed by atoms with Crippen LogP contribution in [-0.2, 0) is 16.6 Å². The highest BCUT2D eigenvalue weighted by atomic mass is 35.5. The van der Waals surface area contributed by atoms with Gasteiger partial charge in [-0.15, -0.1) is 0 Å². The summed E-state index contributed by atoms with van der Waals surface area (Å²) in [6, 6.07) is 4.61. The van der Waals surface area contributed by atoms with Crippen molar-refractivity contribution in [3.63, 3.8) is 0 Å². The van der Waals surface area contributed by atoms with E-state index in [9.17, 15) is 13.5 Å². The molecule has 21 heavy (non-hydrogen) atoms. The van der Waals surface area contributed by atoms with Gasteiger partial charge in [-0.3, -0.25) is 0 Å². The first-order valence-corrected chi connectivity index (χ1v) is 9.23. The molecule has 1 aliphatic carbocycles. The Morgan fingerprint density at radius 1 is 1.29 bits per heavy atom. The highest BCUT2D eigenvalue weighted by molar-refractivity contribution is 7.89. The van der Waals surface area contributed by atoms with Gasteiger partial charge in [0.25, 0.3) is 0 Å². The zero-order valence-electron chi connectivity index (χ0n) is 12.3. The van der Waals surface area contributed by atoms with Gasteiger partial charge in [-0.1, -0.05) is 37.8 Å². The Kier molecular flexibility index (Phi) is 5.66. The van der Waals surface area contributed by atoms with E-state index < -0.39 is 10.0 Å². The predicted molar refractivity (Wildman–Crippen MR) is 83.8 cm³/mol. The van der Waals surface area contributed by atoms with Gasteiger partial charge in [0.05, 0.1) is 11.5 Å². The van der Waals surface area contributed by atoms with Crippen LogP contribution in [-0.4, -0.2) is 30.4 Å². The molecule has 0 spiro atoms. The molecule has 0 aliphatic heterocycles. The van der Waals surface area contributed by atoms with Crippen LogP contribution in [0.4, 0.5) is 0 Å². The number of aliphatic hydroxyl groups excluding tert-OH is 1. The van der Waals surface area contributed by atoms with E-state index in [0.29, 0.717) is 17.1 Å². The molecule has 0 heterocycles. The first kappa shape index (κ1) is 16.7. The second-order valence-electron chi connectivity index (χ2n) is 5.41. The fourth-order valence-corrected chi connectivity index (χ4v) is 4.88. The molecule has 0 radical (unpaired) electrons. The van der Waals surface area contributed by atoms with Crippen molar-refractivity contribution >= 4 is 21.6 Å². The maximum Gasteiger partial charge on any atom is 0.243 e. The Morgan fingerprint density at radius 2 is 1.95 bits per heavy atom. The molecule has 1 aromatic rings. The summed E-state index contributed by atoms with van der Waals surface area (Å²) in [5.74, 6) is 0. The van der Waals surface area contributed by atoms with Gasteiger partial charge < -0.3 is 5.11 Å². The molecule has 2 rings (SSSR count). The molecule has 0 bridgehead atoms. The molecule has 0 aromatic heterocycles. The average molecular weight is 332 g/mol. The van der Waals surface area contributed by atoms with E-state index in [0.717, 1.165) is 25.7 Å². The Balaban J connectivity index is 2.34. The third-order valence-electron chi connectivity index (χ3n) is 4.09. The number of halogens is 1. The summed E-state index contributed by atoms with van der Waals surface area (Å²) in [4.78, 5) is 0.211. The lowest BCUT2D eigenvalue weighted by molar-refractivity contribution is 0.261. The molecular formula is C15H22ClNO3S. The normalized spacial score (nSPS) is 17.3. The molecule has 0 saturated heterocycles. The van der Waals surface area contributed by atoms with Crippen molar-refractivity contribution in [1.82, 2.24) is 4.31 Å². The molecule has 1 N–H and O–H groups in total. The zero-order chi connectivity index (χ0) is 15.5. The zero-order valence-corrected chi connectivity index (χ0v) is 13.8. The third kappa shape index (κ3) is 3.59. The van der Waals surface area contributed by atoms with Crippen molar-refractivity contribution in [2.75, 3.05) is 6.54 Å². The molecule has 1 aromatic carbocycles. The van der Waals surface area contributed by atoms with E-state index in [1.807, 2.05) is 6.92 Å². The van der Waals surface area contributed by atoms with Crippen molar-refractivity contribution in [3.8, 4) is 0 Å². The molecule has 1 saturated carbocycles. The van der Waals surface area contributed by atoms with E-state index in [1.165, 1.54) is 24.6 Å². The van der Waals surface area contributed by atoms with Crippen LogP contribution in [0.25, 0.3) is 0 Å². The summed E-state index contributed by atoms with van der Waals surface area (Å²) in [7, 11) is -3.54. The second kappa shape index (κ2) is 7.09. The fourth-order valence-electron chi connectivity index (χ4n) is 2.96. The number of nitrogens with zero attached hydrogens (tertiary/aromatic N) is 1. The monoisotopic (exact) mass is 331 g/mol. The molecule has 0 amide bonds. The first-order chi connectivity index (χ1) is 10.0. The van der Waals surface area contributed by atoms with Crippen molar-refractivity contribution in [3.05, 3.63) is 28.8 Å². The Hall–Kier alpha value is -0.620. The predicted octanol–water partition coefficient (Wildman–Crippen LogP) is 3.18. The van der Waals surface area contributed by atoms with Gasteiger partial charge in [0.2, 0.25) is 10.0 Å². The molecule has 0 atom stereocenters. The average Bonchev–Trinajstić information content (AvgIpc) is 2.49. The lowest BCUT2D eigenvalue weighted by Gasteiger charge is -2.32. The molecule has 1 fully saturated rings. The van der Waals surface area contributed by atoms with Gasteiger partial charge >= 0.3 is 0 Å². The molecule has 1 aliphatic rings. The van der Waals surface area contributed by atoms with Crippen LogP contribution >= 0.6 is 11.6 Å². The number of sulfonamides is 1. The molecule has 118 valence electrons. The van der Waals surface area contributed by atoms with Gasteiger partial charge in [-0.2, -0.15) is 4.31 Å². The lowest BCUT2D eigenvalue weighted by Crippen LogP contribution is -2.41. The van der Waals surface area contributed by atoms with E-state index in [4.69, 9.17) is 11.6 Å². The van der Waals surface area contributed by atoms with Crippen molar-refractivity contribution < 1.29 is 13.5 Å². The lowest BCUT2D eigenvalue weighted by atomic mass is 9.95. The van der Waals surface area contributed by atoms with Crippen LogP contribution in [0, 0.1) is 0 Å². The van der Waals surface area contributed by atoms with Crippen LogP contribution in [0.3, 0.4) is 0 Å². The summed E-state index contributed by atoms with van der Waals surface area (Å²) < 4.78 is 27.3. The Morgan fingerprint density at radius 3 is 2.52 bits per heavy atom. The molecule has 0 unspecified atom stereocenters. The summed E-state index contributed by atoms with van der Waals surface area (Å²) in [6.07, 6.45) is 5.20. The number of hydrogen-bond donors (Lipinski definition) is 1. The largest absolute Gasteiger partial charge is 0.392 e. The highest BCUT2D eigenvalue weighted by Crippen LogP contribution is 2.29. The SMILES string of the molecule is CCN(C1CCCCC1)S(=O)(=O)c1ccc(Cl)c(CO)c1. The Labute approximate surface area is 131 Å². The van der Waals surface area contributed by atoms with Crippen LogP contribution < -0.4 is 0 Å². The van der Waals surface area contributed by atoms with E-state index >= 15 is 0 Å². The van der Waals surface area contributed by atoms with Gasteiger partial charge in [0.1, 0.15) is 0 Å². The van der Waals surface area contributed by atoms with Gasteiger partial charge in [0.15, 0.2) is 0 Å². The topological polar surface area (TPSA) is 57.6 Å². The highest BCUT2D eigenvalue weighted by Gasteiger charge is 2.31. The quantitative estimate of drug-likeness (QED) is 0.901. The Bertz CT molecular complexity index is 583. The van der Waals surface area contributed by atoms with Crippen LogP contribution in [0.15, 0.2) is 23.1 Å². The van der Waals surface area contributed by atoms with Crippen molar-refractivity contribution in [1.29, 1.82) is 0 Å². The number of aliphatic hydroxyl groups is 1. The van der Waals surface area contributed by atoms with E-state index in [2.05, 4.69) is 0 Å². The second-order valence-corrected chi connectivity index (χ2v) is 7.71. The van der Waals surface area contributed by atoms with Crippen LogP contribution in [0.2, 0.25) is 5.02 Å². The van der Waals surface area contributed by atoms with Crippen molar-refractivity contribution in [2.24, 2.45) is 0 Å². The first-order valence-electron chi connectivity index (χ1n) is 7.41. The number of benzene rings is 1. The van der Waals surface area contributed by atoms with Gasteiger partial charge in [-0.05, 0) is 36.6 Å². The molecule has 6 heteroatoms. The molecule has 4 nitrogen and oxygen atoms in total. The minimum Gasteiger partial charge on any atom is -0.392 e. The van der Waals surface area contributed by atoms with Gasteiger partial charge in [0, 0.05) is 17.6 Å². The molecular weight excluding hydrogens is 310 g/mol. The summed E-state index contributed by atoms with van der Waals surface area (Å²) in [5.41, 5.74) is 0.442. The van der Waals surface area contributed by atoms with E-state index in [1.54, 1.807) is 4.31 Å². The fraction of sp³-hybridized carbons (Fsp3) is 0.600. The maximum atomic E-state index is 12.8. The summed E-state index contributed by atoms with van der Waals surface area (Å²) in [5, 5.41) is 9.65. The number of hydrogen-bond acceptors (Lipinski definition) is 3. The minimum absolute atomic E-state index is 0.0852. The van der Waals surface area contributed by atoms with Crippen LogP contribution in [0.5, 0.6) is 0 Å². The standard InChI is InChI=1S/C15H22ClNO3S/c1-2-17(13-6-4-3-5-7-13)21(19,20)14-8-9-15(16)12(10-14)11-18/h8-10,13,18H,2-7,11H2,1H3. The minimum atomic E-state index is -3.54. The third-order valence-corrected chi connectivity index (χ3v) is 6.48. The maximum absolute atomic E-state index is 12.8.